The number of carbonyl (C=O) groups excluding carboxylic acids is 1. The first-order valence-corrected chi connectivity index (χ1v) is 9.06. The average Bonchev–Trinajstić information content (AvgIpc) is 3.20. The van der Waals surface area contributed by atoms with Gasteiger partial charge in [-0.2, -0.15) is 23.5 Å². The van der Waals surface area contributed by atoms with Crippen LogP contribution < -0.4 is 5.32 Å². The zero-order valence-electron chi connectivity index (χ0n) is 15.8. The van der Waals surface area contributed by atoms with Crippen LogP contribution in [0.3, 0.4) is 0 Å². The van der Waals surface area contributed by atoms with E-state index in [1.165, 1.54) is 24.4 Å². The third kappa shape index (κ3) is 4.93. The summed E-state index contributed by atoms with van der Waals surface area (Å²) in [5.41, 5.74) is -0.992. The van der Waals surface area contributed by atoms with Crippen molar-refractivity contribution >= 4 is 35.0 Å². The molecule has 162 valence electrons. The van der Waals surface area contributed by atoms with Crippen LogP contribution in [-0.2, 0) is 11.0 Å². The molecule has 0 aliphatic heterocycles. The van der Waals surface area contributed by atoms with Crippen molar-refractivity contribution < 1.29 is 22.9 Å². The summed E-state index contributed by atoms with van der Waals surface area (Å²) < 4.78 is 39.0. The Kier molecular flexibility index (Phi) is 6.27. The van der Waals surface area contributed by atoms with Crippen LogP contribution in [0.1, 0.15) is 11.1 Å². The lowest BCUT2D eigenvalue weighted by Crippen LogP contribution is -2.14. The van der Waals surface area contributed by atoms with E-state index in [0.717, 1.165) is 18.2 Å². The maximum atomic E-state index is 13.0. The number of nitrogens with one attached hydrogen (secondary N) is 2. The number of nitrogens with zero attached hydrogens (tertiary/aromatic N) is 3. The van der Waals surface area contributed by atoms with Gasteiger partial charge >= 0.3 is 6.18 Å². The van der Waals surface area contributed by atoms with Crippen molar-refractivity contribution in [3.63, 3.8) is 0 Å². The Labute approximate surface area is 183 Å². The molecule has 3 rings (SSSR count). The SMILES string of the molecule is N#CC(=Cc1cn[nH]c1-c1cccc([N+](=O)[O-])c1)C(=O)Nc1ccc(Cl)c(C(F)(F)F)c1. The highest BCUT2D eigenvalue weighted by Gasteiger charge is 2.33. The molecule has 2 aromatic carbocycles. The summed E-state index contributed by atoms with van der Waals surface area (Å²) in [5.74, 6) is -0.964. The second kappa shape index (κ2) is 8.91. The van der Waals surface area contributed by atoms with Gasteiger partial charge in [0.15, 0.2) is 0 Å². The first-order valence-electron chi connectivity index (χ1n) is 8.68. The molecular weight excluding hydrogens is 451 g/mol. The molecule has 3 aromatic rings. The number of nitro benzene ring substituents is 1. The van der Waals surface area contributed by atoms with Crippen molar-refractivity contribution in [2.75, 3.05) is 5.32 Å². The molecule has 0 aliphatic carbocycles. The van der Waals surface area contributed by atoms with Crippen molar-refractivity contribution in [3.8, 4) is 17.3 Å². The van der Waals surface area contributed by atoms with Crippen molar-refractivity contribution in [2.45, 2.75) is 6.18 Å². The molecule has 0 aliphatic rings. The van der Waals surface area contributed by atoms with Gasteiger partial charge in [-0.3, -0.25) is 20.0 Å². The Balaban J connectivity index is 1.91. The summed E-state index contributed by atoms with van der Waals surface area (Å²) in [5, 5.41) is 28.5. The number of rotatable bonds is 5. The Hall–Kier alpha value is -4.17. The first kappa shape index (κ1) is 22.5. The van der Waals surface area contributed by atoms with E-state index < -0.39 is 33.2 Å². The molecule has 1 heterocycles. The highest BCUT2D eigenvalue weighted by Crippen LogP contribution is 2.36. The summed E-state index contributed by atoms with van der Waals surface area (Å²) in [6, 6.07) is 10.1. The minimum atomic E-state index is -4.73. The molecule has 0 unspecified atom stereocenters. The Morgan fingerprint density at radius 3 is 2.69 bits per heavy atom. The zero-order chi connectivity index (χ0) is 23.5. The molecule has 0 saturated heterocycles. The van der Waals surface area contributed by atoms with Crippen LogP contribution in [0.25, 0.3) is 17.3 Å². The quantitative estimate of drug-likeness (QED) is 0.234. The van der Waals surface area contributed by atoms with Crippen LogP contribution >= 0.6 is 11.6 Å². The number of alkyl halides is 3. The monoisotopic (exact) mass is 461 g/mol. The number of non-ortho nitro benzene ring substituents is 1. The van der Waals surface area contributed by atoms with Crippen LogP contribution in [0.5, 0.6) is 0 Å². The predicted octanol–water partition coefficient (Wildman–Crippen LogP) is 5.20. The highest BCUT2D eigenvalue weighted by atomic mass is 35.5. The second-order valence-corrected chi connectivity index (χ2v) is 6.73. The number of hydrogen-bond acceptors (Lipinski definition) is 5. The van der Waals surface area contributed by atoms with Gasteiger partial charge in [-0.25, -0.2) is 0 Å². The largest absolute Gasteiger partial charge is 0.417 e. The van der Waals surface area contributed by atoms with Gasteiger partial charge in [0.25, 0.3) is 11.6 Å². The Morgan fingerprint density at radius 2 is 2.03 bits per heavy atom. The fraction of sp³-hybridized carbons (Fsp3) is 0.0500. The molecule has 0 radical (unpaired) electrons. The number of carbonyl (C=O) groups is 1. The lowest BCUT2D eigenvalue weighted by atomic mass is 10.1. The van der Waals surface area contributed by atoms with E-state index >= 15 is 0 Å². The number of aromatic nitrogens is 2. The van der Waals surface area contributed by atoms with Crippen LogP contribution in [0, 0.1) is 21.4 Å². The number of nitriles is 1. The summed E-state index contributed by atoms with van der Waals surface area (Å²) in [4.78, 5) is 22.9. The number of nitro groups is 1. The first-order chi connectivity index (χ1) is 15.1. The van der Waals surface area contributed by atoms with E-state index in [1.807, 2.05) is 0 Å². The van der Waals surface area contributed by atoms with Gasteiger partial charge in [0.2, 0.25) is 0 Å². The topological polar surface area (TPSA) is 125 Å². The molecule has 1 amide bonds. The smallest absolute Gasteiger partial charge is 0.321 e. The van der Waals surface area contributed by atoms with E-state index in [2.05, 4.69) is 15.5 Å². The van der Waals surface area contributed by atoms with Gasteiger partial charge in [-0.15, -0.1) is 0 Å². The van der Waals surface area contributed by atoms with E-state index in [4.69, 9.17) is 11.6 Å². The molecule has 0 fully saturated rings. The number of halogens is 4. The second-order valence-electron chi connectivity index (χ2n) is 6.32. The molecule has 0 spiro atoms. The number of anilines is 1. The molecule has 32 heavy (non-hydrogen) atoms. The number of H-pyrrole nitrogens is 1. The molecule has 0 bridgehead atoms. The van der Waals surface area contributed by atoms with Crippen molar-refractivity contribution in [1.29, 1.82) is 5.26 Å². The van der Waals surface area contributed by atoms with E-state index in [-0.39, 0.29) is 16.9 Å². The molecule has 0 saturated carbocycles. The molecule has 2 N–H and O–H groups in total. The predicted molar refractivity (Wildman–Crippen MR) is 109 cm³/mol. The summed E-state index contributed by atoms with van der Waals surface area (Å²) in [6.45, 7) is 0. The number of hydrogen-bond donors (Lipinski definition) is 2. The Bertz CT molecular complexity index is 1280. The minimum absolute atomic E-state index is 0.173. The fourth-order valence-corrected chi connectivity index (χ4v) is 2.96. The minimum Gasteiger partial charge on any atom is -0.321 e. The van der Waals surface area contributed by atoms with Gasteiger partial charge in [0.05, 0.1) is 27.4 Å². The van der Waals surface area contributed by atoms with Crippen molar-refractivity contribution in [3.05, 3.63) is 80.5 Å². The van der Waals surface area contributed by atoms with E-state index in [1.54, 1.807) is 12.1 Å². The van der Waals surface area contributed by atoms with Gasteiger partial charge in [0, 0.05) is 28.9 Å². The van der Waals surface area contributed by atoms with Gasteiger partial charge in [-0.1, -0.05) is 23.7 Å². The molecule has 8 nitrogen and oxygen atoms in total. The van der Waals surface area contributed by atoms with Crippen LogP contribution in [0.2, 0.25) is 5.02 Å². The molecular formula is C20H11ClF3N5O3. The maximum Gasteiger partial charge on any atom is 0.417 e. The van der Waals surface area contributed by atoms with Crippen molar-refractivity contribution in [2.24, 2.45) is 0 Å². The van der Waals surface area contributed by atoms with E-state index in [0.29, 0.717) is 17.3 Å². The van der Waals surface area contributed by atoms with E-state index in [9.17, 15) is 33.3 Å². The van der Waals surface area contributed by atoms with Crippen molar-refractivity contribution in [1.82, 2.24) is 10.2 Å². The summed E-state index contributed by atoms with van der Waals surface area (Å²) in [7, 11) is 0. The fourth-order valence-electron chi connectivity index (χ4n) is 2.73. The zero-order valence-corrected chi connectivity index (χ0v) is 16.5. The van der Waals surface area contributed by atoms with Crippen LogP contribution in [0.15, 0.2) is 54.2 Å². The summed E-state index contributed by atoms with van der Waals surface area (Å²) >= 11 is 5.56. The number of amides is 1. The maximum absolute atomic E-state index is 13.0. The van der Waals surface area contributed by atoms with Gasteiger partial charge in [-0.05, 0) is 24.3 Å². The highest BCUT2D eigenvalue weighted by molar-refractivity contribution is 6.31. The molecule has 12 heteroatoms. The average molecular weight is 462 g/mol. The summed E-state index contributed by atoms with van der Waals surface area (Å²) in [6.07, 6.45) is -2.27. The third-order valence-electron chi connectivity index (χ3n) is 4.21. The normalized spacial score (nSPS) is 11.7. The lowest BCUT2D eigenvalue weighted by molar-refractivity contribution is -0.384. The number of benzene rings is 2. The lowest BCUT2D eigenvalue weighted by Gasteiger charge is -2.11. The molecule has 1 aromatic heterocycles. The third-order valence-corrected chi connectivity index (χ3v) is 4.54. The van der Waals surface area contributed by atoms with Crippen LogP contribution in [0.4, 0.5) is 24.5 Å². The van der Waals surface area contributed by atoms with Gasteiger partial charge < -0.3 is 5.32 Å². The Morgan fingerprint density at radius 1 is 1.28 bits per heavy atom. The number of aromatic amines is 1. The standard InChI is InChI=1S/C20H11ClF3N5O3/c21-17-5-4-14(8-16(17)20(22,23)24)27-19(30)12(9-25)6-13-10-26-28-18(13)11-2-1-3-15(7-11)29(31)32/h1-8,10H,(H,26,28)(H,27,30). The van der Waals surface area contributed by atoms with Gasteiger partial charge in [0.1, 0.15) is 11.6 Å². The molecule has 0 atom stereocenters. The van der Waals surface area contributed by atoms with Crippen LogP contribution in [-0.4, -0.2) is 21.0 Å².